The maximum atomic E-state index is 13.0. The van der Waals surface area contributed by atoms with Gasteiger partial charge in [0.15, 0.2) is 5.65 Å². The van der Waals surface area contributed by atoms with Gasteiger partial charge in [0, 0.05) is 55.4 Å². The van der Waals surface area contributed by atoms with Crippen LogP contribution in [0.4, 0.5) is 5.82 Å². The van der Waals surface area contributed by atoms with Gasteiger partial charge in [0.05, 0.1) is 90.0 Å². The summed E-state index contributed by atoms with van der Waals surface area (Å²) in [5, 5.41) is 16.3. The van der Waals surface area contributed by atoms with Crippen molar-refractivity contribution in [2.45, 2.75) is 25.9 Å². The molecule has 5 heterocycles. The Balaban J connectivity index is 0.823. The van der Waals surface area contributed by atoms with Crippen molar-refractivity contribution in [3.8, 4) is 11.3 Å². The lowest BCUT2D eigenvalue weighted by atomic mass is 9.97. The Morgan fingerprint density at radius 3 is 2.33 bits per heavy atom. The summed E-state index contributed by atoms with van der Waals surface area (Å²) in [6.45, 7) is 5.97. The van der Waals surface area contributed by atoms with E-state index in [-0.39, 0.29) is 11.5 Å². The molecule has 0 spiro atoms. The molecule has 4 aromatic heterocycles. The molecule has 0 fully saturated rings. The highest BCUT2D eigenvalue weighted by Gasteiger charge is 2.22. The second kappa shape index (κ2) is 20.9. The number of hydrogen-bond donors (Lipinski definition) is 5. The number of benzene rings is 1. The number of anilines is 1. The molecule has 0 saturated carbocycles. The average molecular weight is 784 g/mol. The lowest BCUT2D eigenvalue weighted by Crippen LogP contribution is -2.36. The highest BCUT2D eigenvalue weighted by atomic mass is 16.6. The van der Waals surface area contributed by atoms with Gasteiger partial charge in [0.25, 0.3) is 5.91 Å². The maximum absolute atomic E-state index is 13.0. The molecule has 1 aliphatic rings. The van der Waals surface area contributed by atoms with Gasteiger partial charge in [-0.15, -0.1) is 0 Å². The Morgan fingerprint density at radius 1 is 0.895 bits per heavy atom. The summed E-state index contributed by atoms with van der Waals surface area (Å²) >= 11 is 0. The number of aromatic amines is 1. The lowest BCUT2D eigenvalue weighted by molar-refractivity contribution is -0.133. The molecular weight excluding hydrogens is 734 g/mol. The van der Waals surface area contributed by atoms with E-state index in [1.165, 1.54) is 11.9 Å². The summed E-state index contributed by atoms with van der Waals surface area (Å²) in [7, 11) is 0. The Kier molecular flexibility index (Phi) is 15.0. The van der Waals surface area contributed by atoms with Crippen LogP contribution in [0.5, 0.6) is 0 Å². The van der Waals surface area contributed by atoms with Gasteiger partial charge in [-0.05, 0) is 35.2 Å². The molecule has 5 aromatic rings. The molecule has 0 radical (unpaired) electrons. The molecule has 7 N–H and O–H groups in total. The van der Waals surface area contributed by atoms with Gasteiger partial charge < -0.3 is 55.8 Å². The lowest BCUT2D eigenvalue weighted by Gasteiger charge is -2.29. The first-order chi connectivity index (χ1) is 27.9. The van der Waals surface area contributed by atoms with Crippen LogP contribution in [-0.4, -0.2) is 132 Å². The van der Waals surface area contributed by atoms with Crippen LogP contribution in [0.2, 0.25) is 0 Å². The van der Waals surface area contributed by atoms with E-state index in [4.69, 9.17) is 45.7 Å². The highest BCUT2D eigenvalue weighted by Crippen LogP contribution is 2.32. The zero-order valence-electron chi connectivity index (χ0n) is 31.8. The van der Waals surface area contributed by atoms with Crippen LogP contribution in [-0.2, 0) is 52.8 Å². The van der Waals surface area contributed by atoms with E-state index in [0.717, 1.165) is 46.6 Å². The van der Waals surface area contributed by atoms with Crippen molar-refractivity contribution in [3.63, 3.8) is 0 Å². The second-order valence-electron chi connectivity index (χ2n) is 13.1. The zero-order valence-corrected chi connectivity index (χ0v) is 31.8. The van der Waals surface area contributed by atoms with E-state index < -0.39 is 5.91 Å². The van der Waals surface area contributed by atoms with Crippen LogP contribution >= 0.6 is 0 Å². The van der Waals surface area contributed by atoms with E-state index in [0.29, 0.717) is 121 Å². The van der Waals surface area contributed by atoms with Gasteiger partial charge in [-0.3, -0.25) is 9.59 Å². The molecule has 2 amide bonds. The third kappa shape index (κ3) is 11.2. The quantitative estimate of drug-likeness (QED) is 0.0362. The summed E-state index contributed by atoms with van der Waals surface area (Å²) < 4.78 is 29.4. The van der Waals surface area contributed by atoms with Crippen molar-refractivity contribution >= 4 is 45.9 Å². The third-order valence-electron chi connectivity index (χ3n) is 9.28. The number of rotatable bonds is 23. The van der Waals surface area contributed by atoms with Crippen molar-refractivity contribution in [1.29, 1.82) is 5.41 Å². The minimum atomic E-state index is -0.415. The first-order valence-corrected chi connectivity index (χ1v) is 18.8. The third-order valence-corrected chi connectivity index (χ3v) is 9.28. The predicted octanol–water partition coefficient (Wildman–Crippen LogP) is 1.97. The van der Waals surface area contributed by atoms with Gasteiger partial charge in [0.1, 0.15) is 23.5 Å². The molecule has 18 nitrogen and oxygen atoms in total. The number of pyridine rings is 1. The van der Waals surface area contributed by atoms with E-state index >= 15 is 0 Å². The Bertz CT molecular complexity index is 2150. The van der Waals surface area contributed by atoms with Gasteiger partial charge in [-0.2, -0.15) is 5.10 Å². The molecule has 0 atom stereocenters. The second-order valence-corrected chi connectivity index (χ2v) is 13.1. The Morgan fingerprint density at radius 2 is 1.61 bits per heavy atom. The minimum Gasteiger partial charge on any atom is -0.404 e. The minimum absolute atomic E-state index is 0.0655. The van der Waals surface area contributed by atoms with Gasteiger partial charge in [-0.25, -0.2) is 19.6 Å². The van der Waals surface area contributed by atoms with Gasteiger partial charge >= 0.3 is 0 Å². The van der Waals surface area contributed by atoms with E-state index in [1.807, 2.05) is 27.9 Å². The molecule has 0 aliphatic carbocycles. The van der Waals surface area contributed by atoms with E-state index in [1.54, 1.807) is 6.20 Å². The number of nitrogens with two attached hydrogens (primary N) is 2. The van der Waals surface area contributed by atoms with E-state index in [9.17, 15) is 9.59 Å². The topological polar surface area (TPSA) is 244 Å². The standard InChI is InChI=1S/C39H49N11O7/c40-21-32(22-41)39(52)44-7-10-54-12-14-56-16-18-57-17-15-55-13-11-53-9-5-33(51)49-8-4-28-19-27(1-2-30(28)25-49)24-50-38-34(36(42)46-26-47-38)35(48-50)31-20-29-3-6-43-37(29)45-23-31/h1-3,6,19-23,26,40H,4-5,7-18,24-25,41H2,(H,43,45)(H,44,52)(H2,42,46,47). The monoisotopic (exact) mass is 783 g/mol. The number of carbonyl (C=O) groups is 2. The number of ether oxygens (including phenoxy) is 5. The number of nitrogen functional groups attached to an aromatic ring is 1. The van der Waals surface area contributed by atoms with Crippen molar-refractivity contribution in [3.05, 3.63) is 77.5 Å². The summed E-state index contributed by atoms with van der Waals surface area (Å²) in [5.74, 6) is 0.0167. The molecule has 302 valence electrons. The molecule has 1 aromatic carbocycles. The number of nitrogens with one attached hydrogen (secondary N) is 3. The number of nitrogens with zero attached hydrogens (tertiary/aromatic N) is 6. The van der Waals surface area contributed by atoms with Gasteiger partial charge in [0.2, 0.25) is 5.91 Å². The van der Waals surface area contributed by atoms with Crippen LogP contribution in [0.25, 0.3) is 33.3 Å². The number of carbonyl (C=O) groups excluding carboxylic acids is 2. The van der Waals surface area contributed by atoms with Gasteiger partial charge in [-0.1, -0.05) is 18.2 Å². The normalized spacial score (nSPS) is 13.0. The van der Waals surface area contributed by atoms with Crippen molar-refractivity contribution in [2.24, 2.45) is 5.73 Å². The fraction of sp³-hybridized carbons (Fsp3) is 0.410. The smallest absolute Gasteiger partial charge is 0.254 e. The molecule has 1 aliphatic heterocycles. The molecule has 57 heavy (non-hydrogen) atoms. The summed E-state index contributed by atoms with van der Waals surface area (Å²) in [5.41, 5.74) is 18.1. The summed E-state index contributed by atoms with van der Waals surface area (Å²) in [6.07, 6.45) is 8.14. The van der Waals surface area contributed by atoms with E-state index in [2.05, 4.69) is 43.5 Å². The maximum Gasteiger partial charge on any atom is 0.254 e. The number of aromatic nitrogens is 6. The Labute approximate surface area is 329 Å². The molecule has 0 bridgehead atoms. The van der Waals surface area contributed by atoms with Crippen molar-refractivity contribution < 1.29 is 33.3 Å². The molecular formula is C39H49N11O7. The average Bonchev–Trinajstić information content (AvgIpc) is 3.85. The van der Waals surface area contributed by atoms with Crippen LogP contribution in [0.1, 0.15) is 23.1 Å². The van der Waals surface area contributed by atoms with Crippen molar-refractivity contribution in [2.75, 3.05) is 84.9 Å². The highest BCUT2D eigenvalue weighted by molar-refractivity contribution is 6.11. The van der Waals surface area contributed by atoms with Crippen LogP contribution in [0.15, 0.2) is 60.8 Å². The Hall–Kier alpha value is -5.79. The van der Waals surface area contributed by atoms with Crippen LogP contribution in [0.3, 0.4) is 0 Å². The van der Waals surface area contributed by atoms with Crippen LogP contribution in [0, 0.1) is 5.41 Å². The largest absolute Gasteiger partial charge is 0.404 e. The molecule has 0 saturated heterocycles. The molecule has 6 rings (SSSR count). The summed E-state index contributed by atoms with van der Waals surface area (Å²) in [4.78, 5) is 42.9. The number of fused-ring (bicyclic) bond motifs is 3. The summed E-state index contributed by atoms with van der Waals surface area (Å²) in [6, 6.07) is 10.4. The number of amides is 2. The zero-order chi connectivity index (χ0) is 39.8. The first-order valence-electron chi connectivity index (χ1n) is 18.8. The predicted molar refractivity (Wildman–Crippen MR) is 212 cm³/mol. The number of hydrogen-bond acceptors (Lipinski definition) is 14. The SMILES string of the molecule is N=CC(=CN)C(=O)NCCOCCOCCOCCOCCOCCC(=O)N1CCc2cc(Cn3nc(-c4cnc5[nH]ccc5c4)c4c(N)ncnc43)ccc2C1. The first kappa shape index (κ1) is 40.9. The fourth-order valence-electron chi connectivity index (χ4n) is 6.33. The fourth-order valence-corrected chi connectivity index (χ4v) is 6.33. The molecule has 18 heteroatoms. The van der Waals surface area contributed by atoms with Crippen molar-refractivity contribution in [1.82, 2.24) is 39.9 Å². The van der Waals surface area contributed by atoms with Crippen LogP contribution < -0.4 is 16.8 Å². The number of H-pyrrole nitrogens is 1. The molecule has 0 unspecified atom stereocenters.